The van der Waals surface area contributed by atoms with Gasteiger partial charge < -0.3 is 10.5 Å². The van der Waals surface area contributed by atoms with Crippen LogP contribution in [0.1, 0.15) is 16.8 Å². The van der Waals surface area contributed by atoms with Gasteiger partial charge in [-0.1, -0.05) is 35.5 Å². The van der Waals surface area contributed by atoms with Gasteiger partial charge in [-0.2, -0.15) is 0 Å². The van der Waals surface area contributed by atoms with Crippen molar-refractivity contribution in [2.45, 2.75) is 10.3 Å². The smallest absolute Gasteiger partial charge is 0.156 e. The standard InChI is InChI=1S/C21H17ClF3N3OS/c1-29-11-20-8-18(20)21(10-23,28-19(26)30-20)14-6-12(2-4-15(14)24)7-16(25)17-5-3-13(22)9-27-17/h2-9H,10-11H2,1H3,(H2,26,28)/b16-7-/t20-,21-/m1/s1. The molecule has 2 atom stereocenters. The average Bonchev–Trinajstić information content (AvgIpc) is 3.43. The van der Waals surface area contributed by atoms with Crippen LogP contribution in [0.4, 0.5) is 13.2 Å². The molecule has 156 valence electrons. The minimum atomic E-state index is -1.60. The van der Waals surface area contributed by atoms with E-state index in [-0.39, 0.29) is 23.0 Å². The Labute approximate surface area is 180 Å². The molecule has 2 heterocycles. The van der Waals surface area contributed by atoms with E-state index in [1.165, 1.54) is 55.4 Å². The number of pyridine rings is 1. The first-order valence-corrected chi connectivity index (χ1v) is 10.2. The maximum Gasteiger partial charge on any atom is 0.156 e. The normalized spacial score (nSPS) is 25.4. The third kappa shape index (κ3) is 3.53. The van der Waals surface area contributed by atoms with Crippen LogP contribution in [-0.2, 0) is 10.3 Å². The number of rotatable bonds is 6. The van der Waals surface area contributed by atoms with Gasteiger partial charge in [0.1, 0.15) is 23.9 Å². The van der Waals surface area contributed by atoms with Crippen LogP contribution < -0.4 is 5.73 Å². The molecule has 1 aliphatic carbocycles. The summed E-state index contributed by atoms with van der Waals surface area (Å²) in [5, 5.41) is 0.516. The van der Waals surface area contributed by atoms with Gasteiger partial charge in [-0.3, -0.25) is 4.98 Å². The second-order valence-corrected chi connectivity index (χ2v) is 8.81. The van der Waals surface area contributed by atoms with Crippen molar-refractivity contribution < 1.29 is 17.9 Å². The average molecular weight is 452 g/mol. The zero-order valence-electron chi connectivity index (χ0n) is 15.8. The molecule has 1 aromatic carbocycles. The Morgan fingerprint density at radius 1 is 1.33 bits per heavy atom. The van der Waals surface area contributed by atoms with Crippen LogP contribution in [0.5, 0.6) is 0 Å². The van der Waals surface area contributed by atoms with Gasteiger partial charge in [0.25, 0.3) is 0 Å². The van der Waals surface area contributed by atoms with Gasteiger partial charge in [-0.05, 0) is 41.5 Å². The predicted octanol–water partition coefficient (Wildman–Crippen LogP) is 4.89. The number of nitrogens with two attached hydrogens (primary N) is 1. The summed E-state index contributed by atoms with van der Waals surface area (Å²) in [5.41, 5.74) is 5.35. The number of thioether (sulfide) groups is 1. The second-order valence-electron chi connectivity index (χ2n) is 7.02. The van der Waals surface area contributed by atoms with E-state index in [0.29, 0.717) is 16.2 Å². The minimum absolute atomic E-state index is 0.0110. The minimum Gasteiger partial charge on any atom is -0.383 e. The highest BCUT2D eigenvalue weighted by atomic mass is 35.5. The lowest BCUT2D eigenvalue weighted by Gasteiger charge is -2.34. The van der Waals surface area contributed by atoms with E-state index >= 15 is 0 Å². The maximum absolute atomic E-state index is 14.8. The summed E-state index contributed by atoms with van der Waals surface area (Å²) in [7, 11) is 1.53. The SMILES string of the molecule is COC[C@]12C=C1[C@@](CF)(c1cc(/C=C(\F)c3ccc(Cl)cn3)ccc1F)N=C(N)S2. The molecule has 30 heavy (non-hydrogen) atoms. The molecule has 0 bridgehead atoms. The number of fused-ring (bicyclic) bond motifs is 1. The maximum atomic E-state index is 14.8. The third-order valence-corrected chi connectivity index (χ3v) is 6.38. The Bertz CT molecular complexity index is 1090. The van der Waals surface area contributed by atoms with E-state index < -0.39 is 28.6 Å². The van der Waals surface area contributed by atoms with E-state index in [2.05, 4.69) is 9.98 Å². The molecular formula is C21H17ClF3N3OS. The van der Waals surface area contributed by atoms with Crippen LogP contribution in [0.25, 0.3) is 11.9 Å². The molecule has 2 aromatic rings. The van der Waals surface area contributed by atoms with Crippen LogP contribution in [0, 0.1) is 5.82 Å². The highest BCUT2D eigenvalue weighted by Crippen LogP contribution is 2.60. The Balaban J connectivity index is 1.76. The number of nitrogens with zero attached hydrogens (tertiary/aromatic N) is 2. The quantitative estimate of drug-likeness (QED) is 0.635. The number of hydrogen-bond donors (Lipinski definition) is 1. The van der Waals surface area contributed by atoms with Crippen LogP contribution >= 0.6 is 23.4 Å². The Morgan fingerprint density at radius 3 is 2.80 bits per heavy atom. The third-order valence-electron chi connectivity index (χ3n) is 5.04. The number of benzene rings is 1. The van der Waals surface area contributed by atoms with Crippen molar-refractivity contribution in [3.8, 4) is 0 Å². The Hall–Kier alpha value is -2.29. The number of halogens is 4. The molecule has 0 radical (unpaired) electrons. The molecule has 0 saturated heterocycles. The summed E-state index contributed by atoms with van der Waals surface area (Å²) in [6.45, 7) is -0.722. The van der Waals surface area contributed by atoms with E-state index in [1.807, 2.05) is 0 Å². The summed E-state index contributed by atoms with van der Waals surface area (Å²) in [6.07, 6.45) is 4.31. The molecule has 9 heteroatoms. The van der Waals surface area contributed by atoms with E-state index in [1.54, 1.807) is 6.08 Å². The van der Waals surface area contributed by atoms with Crippen molar-refractivity contribution in [2.75, 3.05) is 20.4 Å². The molecule has 1 aliphatic heterocycles. The second kappa shape index (κ2) is 7.76. The molecule has 0 amide bonds. The lowest BCUT2D eigenvalue weighted by Crippen LogP contribution is -2.40. The molecule has 4 rings (SSSR count). The number of aliphatic imine (C=N–C) groups is 1. The fraction of sp³-hybridized carbons (Fsp3) is 0.238. The van der Waals surface area contributed by atoms with E-state index in [0.717, 1.165) is 6.07 Å². The summed E-state index contributed by atoms with van der Waals surface area (Å²) in [5.74, 6) is -1.29. The number of methoxy groups -OCH3 is 1. The van der Waals surface area contributed by atoms with Crippen molar-refractivity contribution in [3.63, 3.8) is 0 Å². The Morgan fingerprint density at radius 2 is 2.13 bits per heavy atom. The van der Waals surface area contributed by atoms with Gasteiger partial charge in [0.15, 0.2) is 5.17 Å². The number of amidine groups is 1. The largest absolute Gasteiger partial charge is 0.383 e. The van der Waals surface area contributed by atoms with Gasteiger partial charge >= 0.3 is 0 Å². The van der Waals surface area contributed by atoms with Gasteiger partial charge in [0.2, 0.25) is 0 Å². The predicted molar refractivity (Wildman–Crippen MR) is 114 cm³/mol. The first-order chi connectivity index (χ1) is 14.3. The number of aromatic nitrogens is 1. The zero-order chi connectivity index (χ0) is 21.5. The lowest BCUT2D eigenvalue weighted by molar-refractivity contribution is 0.194. The molecular weight excluding hydrogens is 435 g/mol. The van der Waals surface area contributed by atoms with Crippen LogP contribution in [-0.4, -0.2) is 35.3 Å². The van der Waals surface area contributed by atoms with Gasteiger partial charge in [-0.15, -0.1) is 0 Å². The van der Waals surface area contributed by atoms with Crippen molar-refractivity contribution in [2.24, 2.45) is 10.7 Å². The summed E-state index contributed by atoms with van der Waals surface area (Å²) >= 11 is 7.02. The summed E-state index contributed by atoms with van der Waals surface area (Å²) < 4.78 is 48.5. The summed E-state index contributed by atoms with van der Waals surface area (Å²) in [4.78, 5) is 8.20. The van der Waals surface area contributed by atoms with Crippen molar-refractivity contribution in [1.29, 1.82) is 0 Å². The highest BCUT2D eigenvalue weighted by molar-refractivity contribution is 8.15. The number of hydrogen-bond acceptors (Lipinski definition) is 5. The Kier molecular flexibility index (Phi) is 5.42. The summed E-state index contributed by atoms with van der Waals surface area (Å²) in [6, 6.07) is 6.88. The van der Waals surface area contributed by atoms with E-state index in [4.69, 9.17) is 22.1 Å². The van der Waals surface area contributed by atoms with Crippen LogP contribution in [0.2, 0.25) is 5.02 Å². The zero-order valence-corrected chi connectivity index (χ0v) is 17.4. The van der Waals surface area contributed by atoms with Gasteiger partial charge in [0.05, 0.1) is 22.1 Å². The first kappa shape index (κ1) is 21.0. The fourth-order valence-electron chi connectivity index (χ4n) is 3.64. The molecule has 1 aromatic heterocycles. The van der Waals surface area contributed by atoms with Gasteiger partial charge in [0, 0.05) is 18.9 Å². The molecule has 0 unspecified atom stereocenters. The monoisotopic (exact) mass is 451 g/mol. The molecule has 0 spiro atoms. The van der Waals surface area contributed by atoms with Crippen LogP contribution in [0.15, 0.2) is 53.2 Å². The number of alkyl halides is 1. The topological polar surface area (TPSA) is 60.5 Å². The molecule has 0 fully saturated rings. The van der Waals surface area contributed by atoms with E-state index in [9.17, 15) is 13.2 Å². The molecule has 2 aliphatic rings. The number of ether oxygens (including phenoxy) is 1. The van der Waals surface area contributed by atoms with Crippen molar-refractivity contribution in [3.05, 3.63) is 75.8 Å². The first-order valence-electron chi connectivity index (χ1n) is 8.96. The lowest BCUT2D eigenvalue weighted by atomic mass is 9.85. The highest BCUT2D eigenvalue weighted by Gasteiger charge is 2.60. The van der Waals surface area contributed by atoms with Crippen molar-refractivity contribution >= 4 is 40.4 Å². The van der Waals surface area contributed by atoms with Crippen LogP contribution in [0.3, 0.4) is 0 Å². The molecule has 2 N–H and O–H groups in total. The van der Waals surface area contributed by atoms with Crippen molar-refractivity contribution in [1.82, 2.24) is 4.98 Å². The molecule has 0 saturated carbocycles. The molecule has 4 nitrogen and oxygen atoms in total. The fourth-order valence-corrected chi connectivity index (χ4v) is 4.96. The van der Waals surface area contributed by atoms with Gasteiger partial charge in [-0.25, -0.2) is 18.2 Å².